The van der Waals surface area contributed by atoms with Gasteiger partial charge in [-0.25, -0.2) is 4.79 Å². The number of nitrogens with one attached hydrogen (secondary N) is 2. The van der Waals surface area contributed by atoms with E-state index in [4.69, 9.17) is 4.74 Å². The first-order valence-corrected chi connectivity index (χ1v) is 9.49. The van der Waals surface area contributed by atoms with E-state index in [1.807, 2.05) is 45.2 Å². The molecule has 1 amide bonds. The van der Waals surface area contributed by atoms with Gasteiger partial charge in [-0.2, -0.15) is 0 Å². The summed E-state index contributed by atoms with van der Waals surface area (Å²) in [6.07, 6.45) is 0.728. The Hall–Kier alpha value is -2.25. The van der Waals surface area contributed by atoms with Gasteiger partial charge >= 0.3 is 5.97 Å². The van der Waals surface area contributed by atoms with Crippen LogP contribution in [0.1, 0.15) is 60.9 Å². The van der Waals surface area contributed by atoms with Gasteiger partial charge in [0.1, 0.15) is 12.3 Å². The summed E-state index contributed by atoms with van der Waals surface area (Å²) >= 11 is 1.54. The summed E-state index contributed by atoms with van der Waals surface area (Å²) in [7, 11) is 0. The molecule has 0 aliphatic carbocycles. The van der Waals surface area contributed by atoms with Gasteiger partial charge in [-0.3, -0.25) is 15.1 Å². The number of hydrogen-bond donors (Lipinski definition) is 2. The molecule has 2 aromatic heterocycles. The molecule has 7 heteroatoms. The maximum Gasteiger partial charge on any atom is 0.340 e. The number of amides is 1. The van der Waals surface area contributed by atoms with Crippen molar-refractivity contribution in [1.82, 2.24) is 15.6 Å². The molecule has 0 saturated carbocycles. The second-order valence-electron chi connectivity index (χ2n) is 6.91. The van der Waals surface area contributed by atoms with E-state index in [0.29, 0.717) is 11.3 Å². The van der Waals surface area contributed by atoms with Gasteiger partial charge in [0.25, 0.3) is 0 Å². The molecule has 0 aromatic carbocycles. The van der Waals surface area contributed by atoms with Crippen LogP contribution in [0.4, 0.5) is 0 Å². The average Bonchev–Trinajstić information content (AvgIpc) is 3.24. The van der Waals surface area contributed by atoms with Crippen molar-refractivity contribution in [2.45, 2.75) is 45.5 Å². The largest absolute Gasteiger partial charge is 0.453 e. The molecular weight excluding hydrogens is 350 g/mol. The Bertz CT molecular complexity index is 806. The Morgan fingerprint density at radius 2 is 2.08 bits per heavy atom. The number of esters is 1. The molecule has 0 spiro atoms. The van der Waals surface area contributed by atoms with Gasteiger partial charge < -0.3 is 10.1 Å². The maximum absolute atomic E-state index is 12.7. The molecule has 2 N–H and O–H groups in total. The van der Waals surface area contributed by atoms with E-state index in [0.717, 1.165) is 4.88 Å². The number of carbonyl (C=O) groups excluding carboxylic acids is 2. The van der Waals surface area contributed by atoms with Gasteiger partial charge in [0, 0.05) is 11.1 Å². The van der Waals surface area contributed by atoms with E-state index in [9.17, 15) is 9.59 Å². The van der Waals surface area contributed by atoms with Gasteiger partial charge in [0.2, 0.25) is 5.91 Å². The molecule has 3 heterocycles. The van der Waals surface area contributed by atoms with Crippen LogP contribution in [-0.4, -0.2) is 22.4 Å². The third-order valence-electron chi connectivity index (χ3n) is 4.91. The number of ether oxygens (including phenoxy) is 1. The van der Waals surface area contributed by atoms with Crippen molar-refractivity contribution >= 4 is 23.2 Å². The monoisotopic (exact) mass is 373 g/mol. The van der Waals surface area contributed by atoms with Crippen molar-refractivity contribution < 1.29 is 14.3 Å². The number of aromatic nitrogens is 1. The summed E-state index contributed by atoms with van der Waals surface area (Å²) < 4.78 is 5.60. The molecule has 1 fully saturated rings. The average molecular weight is 373 g/mol. The lowest BCUT2D eigenvalue weighted by Gasteiger charge is -2.26. The van der Waals surface area contributed by atoms with Crippen LogP contribution in [0, 0.1) is 5.92 Å². The Labute approximate surface area is 157 Å². The van der Waals surface area contributed by atoms with Gasteiger partial charge in [0.15, 0.2) is 0 Å². The Morgan fingerprint density at radius 1 is 1.31 bits per heavy atom. The Balaban J connectivity index is 1.83. The lowest BCUT2D eigenvalue weighted by Crippen LogP contribution is -2.48. The molecule has 26 heavy (non-hydrogen) atoms. The van der Waals surface area contributed by atoms with Crippen LogP contribution in [-0.2, 0) is 9.53 Å². The second kappa shape index (κ2) is 7.17. The molecule has 3 rings (SSSR count). The van der Waals surface area contributed by atoms with Crippen LogP contribution in [0.5, 0.6) is 0 Å². The van der Waals surface area contributed by atoms with Crippen molar-refractivity contribution in [1.29, 1.82) is 0 Å². The van der Waals surface area contributed by atoms with Gasteiger partial charge in [-0.15, -0.1) is 11.3 Å². The Morgan fingerprint density at radius 3 is 2.69 bits per heavy atom. The zero-order chi connectivity index (χ0) is 18.9. The summed E-state index contributed by atoms with van der Waals surface area (Å²) in [5.41, 5.74) is 0.100. The van der Waals surface area contributed by atoms with E-state index in [2.05, 4.69) is 15.6 Å². The predicted octanol–water partition coefficient (Wildman–Crippen LogP) is 3.19. The highest BCUT2D eigenvalue weighted by Crippen LogP contribution is 2.29. The zero-order valence-electron chi connectivity index (χ0n) is 15.3. The summed E-state index contributed by atoms with van der Waals surface area (Å²) in [4.78, 5) is 30.4. The fraction of sp³-hybridized carbons (Fsp3) is 0.421. The maximum atomic E-state index is 12.7. The number of hydrogen-bond acceptors (Lipinski definition) is 6. The van der Waals surface area contributed by atoms with Crippen molar-refractivity contribution in [3.63, 3.8) is 0 Å². The molecule has 3 unspecified atom stereocenters. The number of carbonyl (C=O) groups is 2. The van der Waals surface area contributed by atoms with Crippen LogP contribution in [0.2, 0.25) is 0 Å². The second-order valence-corrected chi connectivity index (χ2v) is 7.89. The van der Waals surface area contributed by atoms with Gasteiger partial charge in [0.05, 0.1) is 16.8 Å². The van der Waals surface area contributed by atoms with Crippen molar-refractivity contribution in [2.24, 2.45) is 5.92 Å². The normalized spacial score (nSPS) is 23.7. The fourth-order valence-corrected chi connectivity index (χ4v) is 3.58. The molecule has 138 valence electrons. The Kier molecular flexibility index (Phi) is 5.11. The minimum absolute atomic E-state index is 0.0884. The summed E-state index contributed by atoms with van der Waals surface area (Å²) in [5.74, 6) is -0.469. The highest BCUT2D eigenvalue weighted by Gasteiger charge is 2.46. The minimum Gasteiger partial charge on any atom is -0.453 e. The van der Waals surface area contributed by atoms with Crippen molar-refractivity contribution in [3.05, 3.63) is 52.0 Å². The highest BCUT2D eigenvalue weighted by molar-refractivity contribution is 7.10. The van der Waals surface area contributed by atoms with E-state index in [-0.39, 0.29) is 17.9 Å². The summed E-state index contributed by atoms with van der Waals surface area (Å²) in [6, 6.07) is 7.21. The molecule has 2 aromatic rings. The van der Waals surface area contributed by atoms with Crippen molar-refractivity contribution in [3.8, 4) is 0 Å². The topological polar surface area (TPSA) is 80.3 Å². The van der Waals surface area contributed by atoms with Crippen LogP contribution in [0.15, 0.2) is 35.8 Å². The molecule has 1 saturated heterocycles. The van der Waals surface area contributed by atoms with Crippen LogP contribution >= 0.6 is 11.3 Å². The van der Waals surface area contributed by atoms with Crippen molar-refractivity contribution in [2.75, 3.05) is 0 Å². The van der Waals surface area contributed by atoms with E-state index >= 15 is 0 Å². The van der Waals surface area contributed by atoms with Crippen LogP contribution < -0.4 is 10.6 Å². The number of rotatable bonds is 5. The first-order valence-electron chi connectivity index (χ1n) is 8.61. The van der Waals surface area contributed by atoms with E-state index in [1.165, 1.54) is 11.3 Å². The first-order chi connectivity index (χ1) is 12.3. The molecule has 3 atom stereocenters. The zero-order valence-corrected chi connectivity index (χ0v) is 16.1. The third-order valence-corrected chi connectivity index (χ3v) is 5.94. The smallest absolute Gasteiger partial charge is 0.340 e. The number of thiophene rings is 1. The standard InChI is InChI=1S/C19H23N3O3S/c1-11(2)19(4)18(24)21-16(22-19)15-13(7-5-9-20-15)17(23)25-12(3)14-8-6-10-26-14/h5-12,16,22H,1-4H3,(H,21,24). The predicted molar refractivity (Wildman–Crippen MR) is 99.6 cm³/mol. The van der Waals surface area contributed by atoms with E-state index < -0.39 is 17.7 Å². The quantitative estimate of drug-likeness (QED) is 0.787. The molecule has 6 nitrogen and oxygen atoms in total. The molecule has 0 radical (unpaired) electrons. The molecule has 1 aliphatic rings. The summed E-state index contributed by atoms with van der Waals surface area (Å²) in [6.45, 7) is 7.65. The lowest BCUT2D eigenvalue weighted by molar-refractivity contribution is -0.125. The highest BCUT2D eigenvalue weighted by atomic mass is 32.1. The van der Waals surface area contributed by atoms with Crippen LogP contribution in [0.3, 0.4) is 0 Å². The summed E-state index contributed by atoms with van der Waals surface area (Å²) in [5, 5.41) is 8.12. The van der Waals surface area contributed by atoms with E-state index in [1.54, 1.807) is 18.3 Å². The SMILES string of the molecule is CC(OC(=O)c1cccnc1C1NC(=O)C(C)(C(C)C)N1)c1cccs1. The number of nitrogens with zero attached hydrogens (tertiary/aromatic N) is 1. The molecular formula is C19H23N3O3S. The van der Waals surface area contributed by atoms with Crippen LogP contribution in [0.25, 0.3) is 0 Å². The molecule has 1 aliphatic heterocycles. The lowest BCUT2D eigenvalue weighted by atomic mass is 9.89. The fourth-order valence-electron chi connectivity index (χ4n) is 2.87. The third kappa shape index (κ3) is 3.37. The molecule has 0 bridgehead atoms. The number of pyridine rings is 1. The minimum atomic E-state index is -0.715. The first kappa shape index (κ1) is 18.5. The van der Waals surface area contributed by atoms with Gasteiger partial charge in [-0.1, -0.05) is 19.9 Å². The van der Waals surface area contributed by atoms with Gasteiger partial charge in [-0.05, 0) is 43.3 Å².